The minimum atomic E-state index is 0.0213. The fourth-order valence-electron chi connectivity index (χ4n) is 4.63. The summed E-state index contributed by atoms with van der Waals surface area (Å²) in [6.45, 7) is 7.39. The van der Waals surface area contributed by atoms with Crippen LogP contribution in [-0.2, 0) is 23.5 Å². The Balaban J connectivity index is 0.000000182. The number of benzene rings is 2. The number of fused-ring (bicyclic) bond motifs is 2. The number of nitrogens with zero attached hydrogens (tertiary/aromatic N) is 2. The van der Waals surface area contributed by atoms with Crippen molar-refractivity contribution in [3.63, 3.8) is 0 Å². The summed E-state index contributed by atoms with van der Waals surface area (Å²) in [5, 5.41) is 10.1. The van der Waals surface area contributed by atoms with Crippen molar-refractivity contribution in [3.05, 3.63) is 70.4 Å². The van der Waals surface area contributed by atoms with Gasteiger partial charge in [0.2, 0.25) is 0 Å². The van der Waals surface area contributed by atoms with E-state index in [1.165, 1.54) is 30.9 Å². The molecule has 2 aromatic carbocycles. The van der Waals surface area contributed by atoms with Crippen molar-refractivity contribution in [1.82, 2.24) is 4.57 Å². The van der Waals surface area contributed by atoms with Gasteiger partial charge in [-0.1, -0.05) is 68.6 Å². The second-order valence-electron chi connectivity index (χ2n) is 8.30. The van der Waals surface area contributed by atoms with E-state index in [1.807, 2.05) is 16.7 Å². The minimum absolute atomic E-state index is 0.0213. The Morgan fingerprint density at radius 2 is 1.91 bits per heavy atom. The Hall–Kier alpha value is -2.61. The molecule has 168 valence electrons. The number of ether oxygens (including phenoxy) is 1. The Morgan fingerprint density at radius 1 is 1.19 bits per heavy atom. The van der Waals surface area contributed by atoms with Gasteiger partial charge in [0.25, 0.3) is 0 Å². The predicted octanol–water partition coefficient (Wildman–Crippen LogP) is 7.42. The van der Waals surface area contributed by atoms with E-state index in [9.17, 15) is 4.79 Å². The largest absolute Gasteiger partial charge is 0.366 e. The standard InChI is InChI=1S/C14H20O.C13H11ClN2O/c1-3-9-14(10-4-2)13-8-6-5-7-12(13)11-15-14;1-9(17)12-8-16(6-2-5-15)13-7-10(14)3-4-11(12)13/h5-8H,3-4,9-11H2,1-2H3;3-4,7-8H,2,6H2,1H3. The maximum atomic E-state index is 11.5. The van der Waals surface area contributed by atoms with Crippen molar-refractivity contribution >= 4 is 28.3 Å². The lowest BCUT2D eigenvalue weighted by molar-refractivity contribution is -0.0518. The van der Waals surface area contributed by atoms with Gasteiger partial charge in [0.15, 0.2) is 5.78 Å². The number of carbonyl (C=O) groups is 1. The van der Waals surface area contributed by atoms with Crippen LogP contribution in [0.4, 0.5) is 0 Å². The zero-order chi connectivity index (χ0) is 23.1. The zero-order valence-corrected chi connectivity index (χ0v) is 19.9. The Labute approximate surface area is 195 Å². The zero-order valence-electron chi connectivity index (χ0n) is 19.2. The number of hydrogen-bond donors (Lipinski definition) is 0. The summed E-state index contributed by atoms with van der Waals surface area (Å²) in [5.74, 6) is 0.0213. The first-order chi connectivity index (χ1) is 15.5. The van der Waals surface area contributed by atoms with Crippen LogP contribution in [0.5, 0.6) is 0 Å². The van der Waals surface area contributed by atoms with Crippen LogP contribution in [0.1, 0.15) is 74.4 Å². The number of aromatic nitrogens is 1. The van der Waals surface area contributed by atoms with Crippen molar-refractivity contribution < 1.29 is 9.53 Å². The fraction of sp³-hybridized carbons (Fsp3) is 0.407. The molecule has 1 aliphatic heterocycles. The highest BCUT2D eigenvalue weighted by Crippen LogP contribution is 2.43. The molecule has 4 rings (SSSR count). The third-order valence-corrected chi connectivity index (χ3v) is 6.24. The molecule has 0 aliphatic carbocycles. The van der Waals surface area contributed by atoms with E-state index in [0.717, 1.165) is 30.4 Å². The molecule has 0 unspecified atom stereocenters. The van der Waals surface area contributed by atoms with Crippen LogP contribution in [-0.4, -0.2) is 10.4 Å². The molecule has 2 heterocycles. The van der Waals surface area contributed by atoms with E-state index in [-0.39, 0.29) is 11.4 Å². The summed E-state index contributed by atoms with van der Waals surface area (Å²) in [6, 6.07) is 16.2. The molecule has 0 fully saturated rings. The lowest BCUT2D eigenvalue weighted by Crippen LogP contribution is -2.24. The molecule has 5 heteroatoms. The molecule has 1 aromatic heterocycles. The first-order valence-corrected chi connectivity index (χ1v) is 11.7. The third-order valence-electron chi connectivity index (χ3n) is 6.01. The number of Topliss-reactive ketones (excluding diaryl/α,β-unsaturated/α-hetero) is 1. The van der Waals surface area contributed by atoms with Crippen molar-refractivity contribution in [2.75, 3.05) is 0 Å². The average molecular weight is 451 g/mol. The second kappa shape index (κ2) is 10.8. The molecular formula is C27H31ClN2O2. The van der Waals surface area contributed by atoms with Crippen LogP contribution in [0.25, 0.3) is 10.9 Å². The fourth-order valence-corrected chi connectivity index (χ4v) is 4.80. The van der Waals surface area contributed by atoms with E-state index in [0.29, 0.717) is 23.6 Å². The monoisotopic (exact) mass is 450 g/mol. The van der Waals surface area contributed by atoms with Gasteiger partial charge in [-0.05, 0) is 43.0 Å². The van der Waals surface area contributed by atoms with Crippen LogP contribution < -0.4 is 0 Å². The van der Waals surface area contributed by atoms with Crippen molar-refractivity contribution in [1.29, 1.82) is 5.26 Å². The Kier molecular flexibility index (Phi) is 8.12. The van der Waals surface area contributed by atoms with E-state index >= 15 is 0 Å². The van der Waals surface area contributed by atoms with Gasteiger partial charge in [0.1, 0.15) is 0 Å². The molecule has 0 radical (unpaired) electrons. The maximum Gasteiger partial charge on any atom is 0.161 e. The molecular weight excluding hydrogens is 420 g/mol. The van der Waals surface area contributed by atoms with Crippen LogP contribution in [0, 0.1) is 11.3 Å². The van der Waals surface area contributed by atoms with E-state index in [2.05, 4.69) is 44.2 Å². The highest BCUT2D eigenvalue weighted by atomic mass is 35.5. The molecule has 1 aliphatic rings. The molecule has 4 nitrogen and oxygen atoms in total. The van der Waals surface area contributed by atoms with E-state index in [1.54, 1.807) is 12.3 Å². The minimum Gasteiger partial charge on any atom is -0.366 e. The molecule has 0 spiro atoms. The first-order valence-electron chi connectivity index (χ1n) is 11.3. The van der Waals surface area contributed by atoms with Gasteiger partial charge in [-0.3, -0.25) is 4.79 Å². The lowest BCUT2D eigenvalue weighted by Gasteiger charge is -2.29. The number of carbonyl (C=O) groups excluding carboxylic acids is 1. The number of ketones is 1. The highest BCUT2D eigenvalue weighted by Gasteiger charge is 2.37. The SMILES string of the molecule is CC(=O)c1cn(CCC#N)c2cc(Cl)ccc12.CCCC1(CCC)OCc2ccccc21. The Bertz CT molecular complexity index is 1110. The molecule has 32 heavy (non-hydrogen) atoms. The van der Waals surface area contributed by atoms with Gasteiger partial charge < -0.3 is 9.30 Å². The summed E-state index contributed by atoms with van der Waals surface area (Å²) in [5.41, 5.74) is 4.43. The quantitative estimate of drug-likeness (QED) is 0.352. The summed E-state index contributed by atoms with van der Waals surface area (Å²) in [7, 11) is 0. The number of hydrogen-bond acceptors (Lipinski definition) is 3. The molecule has 0 bridgehead atoms. The van der Waals surface area contributed by atoms with Crippen molar-refractivity contribution in [3.8, 4) is 6.07 Å². The summed E-state index contributed by atoms with van der Waals surface area (Å²) >= 11 is 5.95. The normalized spacial score (nSPS) is 13.8. The molecule has 0 saturated heterocycles. The van der Waals surface area contributed by atoms with Gasteiger partial charge in [-0.15, -0.1) is 0 Å². The highest BCUT2D eigenvalue weighted by molar-refractivity contribution is 6.31. The number of rotatable bonds is 7. The molecule has 3 aromatic rings. The van der Waals surface area contributed by atoms with Crippen molar-refractivity contribution in [2.24, 2.45) is 0 Å². The summed E-state index contributed by atoms with van der Waals surface area (Å²) in [4.78, 5) is 11.5. The molecule has 0 saturated carbocycles. The smallest absolute Gasteiger partial charge is 0.161 e. The topological polar surface area (TPSA) is 55.0 Å². The maximum absolute atomic E-state index is 11.5. The van der Waals surface area contributed by atoms with Crippen LogP contribution in [0.15, 0.2) is 48.7 Å². The average Bonchev–Trinajstić information content (AvgIpc) is 3.32. The lowest BCUT2D eigenvalue weighted by atomic mass is 9.85. The van der Waals surface area contributed by atoms with Gasteiger partial charge in [0.05, 0.1) is 30.2 Å². The number of halogens is 1. The molecule has 0 amide bonds. The first kappa shape index (κ1) is 24.0. The van der Waals surface area contributed by atoms with Gasteiger partial charge in [0, 0.05) is 28.7 Å². The van der Waals surface area contributed by atoms with Crippen LogP contribution in [0.3, 0.4) is 0 Å². The van der Waals surface area contributed by atoms with Gasteiger partial charge in [-0.25, -0.2) is 0 Å². The van der Waals surface area contributed by atoms with Gasteiger partial charge in [-0.2, -0.15) is 5.26 Å². The predicted molar refractivity (Wildman–Crippen MR) is 130 cm³/mol. The molecule has 0 N–H and O–H groups in total. The third kappa shape index (κ3) is 5.06. The van der Waals surface area contributed by atoms with Gasteiger partial charge >= 0.3 is 0 Å². The van der Waals surface area contributed by atoms with Crippen LogP contribution >= 0.6 is 11.6 Å². The van der Waals surface area contributed by atoms with E-state index < -0.39 is 0 Å². The van der Waals surface area contributed by atoms with Crippen LogP contribution in [0.2, 0.25) is 5.02 Å². The summed E-state index contributed by atoms with van der Waals surface area (Å²) < 4.78 is 8.00. The van der Waals surface area contributed by atoms with E-state index in [4.69, 9.17) is 21.6 Å². The summed E-state index contributed by atoms with van der Waals surface area (Å²) in [6.07, 6.45) is 6.88. The molecule has 0 atom stereocenters. The second-order valence-corrected chi connectivity index (χ2v) is 8.74. The van der Waals surface area contributed by atoms with Crippen molar-refractivity contribution in [2.45, 2.75) is 71.6 Å². The number of nitriles is 1. The number of aryl methyl sites for hydroxylation is 1. The Morgan fingerprint density at radius 3 is 2.56 bits per heavy atom.